The number of quaternary nitrogens is 1. The number of unbranched alkanes of at least 4 members (excludes halogenated alkanes) is 4. The molecule has 0 saturated heterocycles. The Morgan fingerprint density at radius 2 is 1.59 bits per heavy atom. The fraction of sp³-hybridized carbons (Fsp3) is 0.842. The monoisotopic (exact) mass is 527 g/mol. The molecule has 2 atom stereocenters. The van der Waals surface area contributed by atoms with Gasteiger partial charge >= 0.3 is 0 Å². The molecular formula is C19H42IN7O2. The number of nitrogens with zero attached hydrogens (tertiary/aromatic N) is 2. The molecule has 172 valence electrons. The summed E-state index contributed by atoms with van der Waals surface area (Å²) >= 11 is 0. The number of aliphatic imine (C=N–C) groups is 1. The number of rotatable bonds is 16. The molecule has 0 aromatic carbocycles. The van der Waals surface area contributed by atoms with Crippen LogP contribution in [0.4, 0.5) is 0 Å². The van der Waals surface area contributed by atoms with Crippen LogP contribution in [0.2, 0.25) is 0 Å². The van der Waals surface area contributed by atoms with E-state index in [2.05, 4.69) is 29.9 Å². The van der Waals surface area contributed by atoms with E-state index < -0.39 is 12.1 Å². The van der Waals surface area contributed by atoms with Crippen molar-refractivity contribution in [3.63, 3.8) is 0 Å². The molecular weight excluding hydrogens is 485 g/mol. The summed E-state index contributed by atoms with van der Waals surface area (Å²) in [6, 6.07) is -1.16. The fourth-order valence-electron chi connectivity index (χ4n) is 2.79. The zero-order valence-electron chi connectivity index (χ0n) is 18.2. The lowest BCUT2D eigenvalue weighted by molar-refractivity contribution is -0.405. The minimum absolute atomic E-state index is 0. The summed E-state index contributed by atoms with van der Waals surface area (Å²) < 4.78 is 0. The first-order chi connectivity index (χ1) is 13.3. The maximum absolute atomic E-state index is 12.7. The molecule has 9 nitrogen and oxygen atoms in total. The zero-order valence-corrected chi connectivity index (χ0v) is 20.3. The Bertz CT molecular complexity index is 463. The highest BCUT2D eigenvalue weighted by molar-refractivity contribution is 5.84. The summed E-state index contributed by atoms with van der Waals surface area (Å²) in [6.45, 7) is 6.30. The lowest BCUT2D eigenvalue weighted by Gasteiger charge is -2.26. The van der Waals surface area contributed by atoms with E-state index in [0.717, 1.165) is 51.6 Å². The number of carbonyl (C=O) groups is 2. The Morgan fingerprint density at radius 3 is 2.07 bits per heavy atom. The van der Waals surface area contributed by atoms with E-state index in [-0.39, 0.29) is 48.3 Å². The van der Waals surface area contributed by atoms with Gasteiger partial charge in [-0.25, -0.2) is 0 Å². The molecule has 0 heterocycles. The van der Waals surface area contributed by atoms with E-state index in [9.17, 15) is 9.59 Å². The molecule has 0 saturated carbocycles. The predicted molar refractivity (Wildman–Crippen MR) is 113 cm³/mol. The smallest absolute Gasteiger partial charge is 0.278 e. The molecule has 2 amide bonds. The predicted octanol–water partition coefficient (Wildman–Crippen LogP) is -3.69. The summed E-state index contributed by atoms with van der Waals surface area (Å²) in [7, 11) is 0. The Balaban J connectivity index is 0. The fourth-order valence-corrected chi connectivity index (χ4v) is 2.79. The molecule has 10 heteroatoms. The number of hydrogen-bond acceptors (Lipinski definition) is 4. The van der Waals surface area contributed by atoms with Gasteiger partial charge in [0.25, 0.3) is 5.91 Å². The maximum atomic E-state index is 12.7. The molecule has 10 N–H and O–H groups in total. The lowest BCUT2D eigenvalue weighted by atomic mass is 10.1. The molecule has 0 aliphatic heterocycles. The van der Waals surface area contributed by atoms with Gasteiger partial charge in [0, 0.05) is 32.6 Å². The van der Waals surface area contributed by atoms with Gasteiger partial charge in [-0.2, -0.15) is 0 Å². The second-order valence-corrected chi connectivity index (χ2v) is 7.24. The number of guanidine groups is 1. The van der Waals surface area contributed by atoms with Gasteiger partial charge in [-0.15, -0.1) is 0 Å². The van der Waals surface area contributed by atoms with Crippen LogP contribution in [0.3, 0.4) is 0 Å². The second-order valence-electron chi connectivity index (χ2n) is 7.24. The van der Waals surface area contributed by atoms with Crippen molar-refractivity contribution in [2.75, 3.05) is 26.2 Å². The summed E-state index contributed by atoms with van der Waals surface area (Å²) in [5.74, 6) is -0.269. The van der Waals surface area contributed by atoms with E-state index >= 15 is 0 Å². The van der Waals surface area contributed by atoms with Gasteiger partial charge in [-0.1, -0.05) is 39.5 Å². The number of halogens is 1. The zero-order chi connectivity index (χ0) is 21.4. The number of amides is 2. The van der Waals surface area contributed by atoms with Gasteiger partial charge in [0.2, 0.25) is 5.91 Å². The van der Waals surface area contributed by atoms with Gasteiger partial charge in [0.05, 0.1) is 0 Å². The third-order valence-corrected chi connectivity index (χ3v) is 4.56. The standard InChI is InChI=1S/C19H41N7O2.HI/c1-3-5-7-12-26(13-8-6-4-2)18(28)16(21)14-25-17(27)15(20)10-9-11-24-19(22)23;/h15-16H,3-14,20-21H2,1-2H3,(H,25,27)(H4,22,23,24);1H. The van der Waals surface area contributed by atoms with Crippen LogP contribution in [0, 0.1) is 0 Å². The molecule has 2 unspecified atom stereocenters. The summed E-state index contributed by atoms with van der Waals surface area (Å²) in [6.07, 6.45) is 7.56. The molecule has 0 aromatic heterocycles. The Kier molecular flexibility index (Phi) is 19.5. The first kappa shape index (κ1) is 30.1. The number of carbonyl (C=O) groups excluding carboxylic acids is 2. The van der Waals surface area contributed by atoms with Gasteiger partial charge < -0.3 is 57.1 Å². The van der Waals surface area contributed by atoms with Crippen LogP contribution in [0.25, 0.3) is 0 Å². The van der Waals surface area contributed by atoms with Gasteiger partial charge in [-0.3, -0.25) is 14.6 Å². The number of hydrogen-bond donors (Lipinski definition) is 5. The van der Waals surface area contributed by atoms with E-state index in [1.165, 1.54) is 0 Å². The Morgan fingerprint density at radius 1 is 1.03 bits per heavy atom. The third kappa shape index (κ3) is 15.4. The van der Waals surface area contributed by atoms with Crippen molar-refractivity contribution in [2.45, 2.75) is 77.3 Å². The van der Waals surface area contributed by atoms with Crippen LogP contribution in [-0.2, 0) is 9.59 Å². The number of nitrogens with one attached hydrogen (secondary N) is 1. The highest BCUT2D eigenvalue weighted by Crippen LogP contribution is 2.05. The molecule has 0 bridgehead atoms. The van der Waals surface area contributed by atoms with Crippen molar-refractivity contribution in [3.8, 4) is 0 Å². The lowest BCUT2D eigenvalue weighted by Crippen LogP contribution is -3.00. The highest BCUT2D eigenvalue weighted by atomic mass is 127. The van der Waals surface area contributed by atoms with Gasteiger partial charge in [0.15, 0.2) is 12.0 Å². The quantitative estimate of drug-likeness (QED) is 0.0602. The average molecular weight is 527 g/mol. The van der Waals surface area contributed by atoms with Crippen molar-refractivity contribution < 1.29 is 39.3 Å². The average Bonchev–Trinajstić information content (AvgIpc) is 2.67. The van der Waals surface area contributed by atoms with Crippen molar-refractivity contribution in [1.29, 1.82) is 0 Å². The Labute approximate surface area is 192 Å². The van der Waals surface area contributed by atoms with E-state index in [0.29, 0.717) is 19.4 Å². The topological polar surface area (TPSA) is 167 Å². The maximum Gasteiger partial charge on any atom is 0.278 e. The molecule has 29 heavy (non-hydrogen) atoms. The molecule has 0 aliphatic rings. The van der Waals surface area contributed by atoms with Crippen molar-refractivity contribution in [2.24, 2.45) is 22.2 Å². The van der Waals surface area contributed by atoms with Crippen molar-refractivity contribution in [3.05, 3.63) is 0 Å². The summed E-state index contributed by atoms with van der Waals surface area (Å²) in [5, 5.41) is 2.74. The minimum atomic E-state index is -0.735. The summed E-state index contributed by atoms with van der Waals surface area (Å²) in [5.41, 5.74) is 20.4. The second kappa shape index (κ2) is 18.9. The van der Waals surface area contributed by atoms with Crippen LogP contribution in [0.15, 0.2) is 4.99 Å². The molecule has 0 rings (SSSR count). The third-order valence-electron chi connectivity index (χ3n) is 4.56. The Hall–Kier alpha value is -1.14. The first-order valence-electron chi connectivity index (χ1n) is 10.5. The molecule has 0 spiro atoms. The van der Waals surface area contributed by atoms with Crippen LogP contribution in [0.1, 0.15) is 65.2 Å². The molecule has 0 radical (unpaired) electrons. The molecule has 0 aromatic rings. The van der Waals surface area contributed by atoms with Gasteiger partial charge in [-0.05, 0) is 19.3 Å². The van der Waals surface area contributed by atoms with Crippen LogP contribution in [-0.4, -0.2) is 60.9 Å². The van der Waals surface area contributed by atoms with E-state index in [1.807, 2.05) is 4.90 Å². The van der Waals surface area contributed by atoms with Gasteiger partial charge in [0.1, 0.15) is 6.04 Å². The largest absolute Gasteiger partial charge is 1.00 e. The number of nitrogens with two attached hydrogens (primary N) is 3. The highest BCUT2D eigenvalue weighted by Gasteiger charge is 2.23. The van der Waals surface area contributed by atoms with Crippen LogP contribution in [0.5, 0.6) is 0 Å². The SMILES string of the molecule is CCCCCN(CCCCC)C(=O)C(N)CNC(=O)C([NH3+])CCCN=C(N)N.[I-]. The van der Waals surface area contributed by atoms with E-state index in [4.69, 9.17) is 17.2 Å². The van der Waals surface area contributed by atoms with Crippen molar-refractivity contribution >= 4 is 17.8 Å². The molecule has 0 aliphatic carbocycles. The van der Waals surface area contributed by atoms with Crippen LogP contribution < -0.4 is 52.2 Å². The van der Waals surface area contributed by atoms with Crippen LogP contribution >= 0.6 is 0 Å². The van der Waals surface area contributed by atoms with E-state index in [1.54, 1.807) is 0 Å². The normalized spacial score (nSPS) is 12.4. The summed E-state index contributed by atoms with van der Waals surface area (Å²) in [4.78, 5) is 30.6. The minimum Gasteiger partial charge on any atom is -1.00 e. The first-order valence-corrected chi connectivity index (χ1v) is 10.5. The van der Waals surface area contributed by atoms with Crippen molar-refractivity contribution in [1.82, 2.24) is 10.2 Å². The molecule has 0 fully saturated rings.